The van der Waals surface area contributed by atoms with Crippen LogP contribution in [0.15, 0.2) is 18.2 Å². The van der Waals surface area contributed by atoms with E-state index in [-0.39, 0.29) is 11.7 Å². The first-order valence-corrected chi connectivity index (χ1v) is 4.34. The van der Waals surface area contributed by atoms with Gasteiger partial charge in [0.1, 0.15) is 0 Å². The molecule has 0 aliphatic heterocycles. The fourth-order valence-corrected chi connectivity index (χ4v) is 1.17. The maximum absolute atomic E-state index is 13.1. The van der Waals surface area contributed by atoms with Crippen LogP contribution in [-0.4, -0.2) is 19.8 Å². The van der Waals surface area contributed by atoms with Gasteiger partial charge in [-0.15, -0.1) is 0 Å². The first-order chi connectivity index (χ1) is 6.65. The minimum Gasteiger partial charge on any atom is -0.383 e. The lowest BCUT2D eigenvalue weighted by Gasteiger charge is -2.14. The Bertz CT molecular complexity index is 304. The van der Waals surface area contributed by atoms with Gasteiger partial charge in [0.25, 0.3) is 0 Å². The number of anilines is 1. The number of hydrogen-bond donors (Lipinski definition) is 1. The van der Waals surface area contributed by atoms with Crippen LogP contribution in [0.3, 0.4) is 0 Å². The van der Waals surface area contributed by atoms with Crippen molar-refractivity contribution in [3.05, 3.63) is 29.8 Å². The number of nitrogens with one attached hydrogen (secondary N) is 1. The van der Waals surface area contributed by atoms with Crippen LogP contribution >= 0.6 is 0 Å². The summed E-state index contributed by atoms with van der Waals surface area (Å²) < 4.78 is 30.8. The molecule has 0 radical (unpaired) electrons. The second-order valence-corrected chi connectivity index (χ2v) is 3.10. The van der Waals surface area contributed by atoms with E-state index in [1.54, 1.807) is 7.11 Å². The van der Waals surface area contributed by atoms with Gasteiger partial charge < -0.3 is 10.1 Å². The topological polar surface area (TPSA) is 21.3 Å². The van der Waals surface area contributed by atoms with Crippen LogP contribution in [0.5, 0.6) is 0 Å². The van der Waals surface area contributed by atoms with Crippen LogP contribution in [0.1, 0.15) is 6.92 Å². The summed E-state index contributed by atoms with van der Waals surface area (Å²) >= 11 is 0. The number of rotatable bonds is 4. The highest BCUT2D eigenvalue weighted by Crippen LogP contribution is 2.17. The molecule has 14 heavy (non-hydrogen) atoms. The van der Waals surface area contributed by atoms with Crippen molar-refractivity contribution in [3.63, 3.8) is 0 Å². The smallest absolute Gasteiger partial charge is 0.181 e. The summed E-state index contributed by atoms with van der Waals surface area (Å²) in [7, 11) is 1.56. The van der Waals surface area contributed by atoms with E-state index in [1.165, 1.54) is 12.1 Å². The van der Waals surface area contributed by atoms with Crippen LogP contribution in [0, 0.1) is 11.6 Å². The van der Waals surface area contributed by atoms with Gasteiger partial charge in [0.05, 0.1) is 12.3 Å². The van der Waals surface area contributed by atoms with E-state index in [0.717, 1.165) is 6.07 Å². The van der Waals surface area contributed by atoms with Crippen molar-refractivity contribution in [3.8, 4) is 0 Å². The van der Waals surface area contributed by atoms with Crippen molar-refractivity contribution in [1.82, 2.24) is 0 Å². The van der Waals surface area contributed by atoms with Crippen LogP contribution in [0.25, 0.3) is 0 Å². The van der Waals surface area contributed by atoms with Crippen LogP contribution in [0.2, 0.25) is 0 Å². The molecule has 0 saturated heterocycles. The molecule has 0 fully saturated rings. The third-order valence-electron chi connectivity index (χ3n) is 1.77. The highest BCUT2D eigenvalue weighted by atomic mass is 19.2. The van der Waals surface area contributed by atoms with Gasteiger partial charge in [-0.25, -0.2) is 8.78 Å². The number of halogens is 2. The quantitative estimate of drug-likeness (QED) is 0.807. The number of benzene rings is 1. The van der Waals surface area contributed by atoms with Crippen molar-refractivity contribution < 1.29 is 13.5 Å². The first-order valence-electron chi connectivity index (χ1n) is 4.34. The van der Waals surface area contributed by atoms with Crippen molar-refractivity contribution in [1.29, 1.82) is 0 Å². The zero-order chi connectivity index (χ0) is 10.6. The molecule has 0 saturated carbocycles. The lowest BCUT2D eigenvalue weighted by atomic mass is 10.2. The van der Waals surface area contributed by atoms with Gasteiger partial charge in [-0.05, 0) is 19.1 Å². The molecule has 1 unspecified atom stereocenters. The van der Waals surface area contributed by atoms with Gasteiger partial charge in [-0.1, -0.05) is 6.07 Å². The summed E-state index contributed by atoms with van der Waals surface area (Å²) in [5, 5.41) is 2.81. The Morgan fingerprint density at radius 1 is 1.43 bits per heavy atom. The molecule has 78 valence electrons. The molecule has 0 heterocycles. The van der Waals surface area contributed by atoms with Crippen LogP contribution in [0.4, 0.5) is 14.5 Å². The predicted octanol–water partition coefficient (Wildman–Crippen LogP) is 2.41. The van der Waals surface area contributed by atoms with Gasteiger partial charge in [-0.3, -0.25) is 0 Å². The van der Waals surface area contributed by atoms with Gasteiger partial charge in [0.15, 0.2) is 11.6 Å². The highest BCUT2D eigenvalue weighted by Gasteiger charge is 2.09. The monoisotopic (exact) mass is 201 g/mol. The summed E-state index contributed by atoms with van der Waals surface area (Å²) in [6.07, 6.45) is 0. The van der Waals surface area contributed by atoms with E-state index in [1.807, 2.05) is 6.92 Å². The average Bonchev–Trinajstić information content (AvgIpc) is 2.13. The fourth-order valence-electron chi connectivity index (χ4n) is 1.17. The average molecular weight is 201 g/mol. The van der Waals surface area contributed by atoms with Crippen LogP contribution < -0.4 is 5.32 Å². The molecule has 1 aromatic rings. The van der Waals surface area contributed by atoms with Crippen LogP contribution in [-0.2, 0) is 4.74 Å². The van der Waals surface area contributed by atoms with Gasteiger partial charge in [-0.2, -0.15) is 0 Å². The molecule has 0 spiro atoms. The Balaban J connectivity index is 2.71. The van der Waals surface area contributed by atoms with Gasteiger partial charge in [0.2, 0.25) is 0 Å². The van der Waals surface area contributed by atoms with Gasteiger partial charge >= 0.3 is 0 Å². The Kier molecular flexibility index (Phi) is 3.83. The molecule has 1 rings (SSSR count). The second-order valence-electron chi connectivity index (χ2n) is 3.10. The van der Waals surface area contributed by atoms with E-state index in [4.69, 9.17) is 4.74 Å². The Morgan fingerprint density at radius 2 is 2.14 bits per heavy atom. The zero-order valence-electron chi connectivity index (χ0n) is 8.18. The SMILES string of the molecule is COCC(C)Nc1cccc(F)c1F. The van der Waals surface area contributed by atoms with E-state index in [0.29, 0.717) is 6.61 Å². The Hall–Kier alpha value is -1.16. The molecular formula is C10H13F2NO. The van der Waals surface area contributed by atoms with Crippen molar-refractivity contribution >= 4 is 5.69 Å². The van der Waals surface area contributed by atoms with Crippen molar-refractivity contribution in [2.24, 2.45) is 0 Å². The van der Waals surface area contributed by atoms with E-state index in [9.17, 15) is 8.78 Å². The molecule has 4 heteroatoms. The standard InChI is InChI=1S/C10H13F2NO/c1-7(6-14-2)13-9-5-3-4-8(11)10(9)12/h3-5,7,13H,6H2,1-2H3. The molecule has 0 bridgehead atoms. The maximum atomic E-state index is 13.1. The molecule has 1 aromatic carbocycles. The van der Waals surface area contributed by atoms with Crippen molar-refractivity contribution in [2.45, 2.75) is 13.0 Å². The summed E-state index contributed by atoms with van der Waals surface area (Å²) in [6, 6.07) is 3.98. The van der Waals surface area contributed by atoms with E-state index < -0.39 is 11.6 Å². The third kappa shape index (κ3) is 2.67. The molecule has 0 aromatic heterocycles. The molecule has 0 amide bonds. The predicted molar refractivity (Wildman–Crippen MR) is 51.3 cm³/mol. The molecule has 2 nitrogen and oxygen atoms in total. The van der Waals surface area contributed by atoms with Gasteiger partial charge in [0, 0.05) is 13.2 Å². The lowest BCUT2D eigenvalue weighted by Crippen LogP contribution is -2.21. The first kappa shape index (κ1) is 10.9. The number of methoxy groups -OCH3 is 1. The molecule has 0 aliphatic carbocycles. The summed E-state index contributed by atoms with van der Waals surface area (Å²) in [6.45, 7) is 2.27. The molecular weight excluding hydrogens is 188 g/mol. The fraction of sp³-hybridized carbons (Fsp3) is 0.400. The van der Waals surface area contributed by atoms with E-state index in [2.05, 4.69) is 5.32 Å². The van der Waals surface area contributed by atoms with E-state index >= 15 is 0 Å². The summed E-state index contributed by atoms with van der Waals surface area (Å²) in [5.74, 6) is -1.70. The molecule has 0 aliphatic rings. The Morgan fingerprint density at radius 3 is 2.79 bits per heavy atom. The maximum Gasteiger partial charge on any atom is 0.181 e. The summed E-state index contributed by atoms with van der Waals surface area (Å²) in [4.78, 5) is 0. The normalized spacial score (nSPS) is 12.6. The summed E-state index contributed by atoms with van der Waals surface area (Å²) in [5.41, 5.74) is 0.162. The number of ether oxygens (including phenoxy) is 1. The third-order valence-corrected chi connectivity index (χ3v) is 1.77. The second kappa shape index (κ2) is 4.91. The largest absolute Gasteiger partial charge is 0.383 e. The number of hydrogen-bond acceptors (Lipinski definition) is 2. The Labute approximate surface area is 81.9 Å². The zero-order valence-corrected chi connectivity index (χ0v) is 8.18. The molecule has 1 atom stereocenters. The minimum atomic E-state index is -0.851. The van der Waals surface area contributed by atoms with Crippen molar-refractivity contribution in [2.75, 3.05) is 19.0 Å². The minimum absolute atomic E-state index is 0.0590. The highest BCUT2D eigenvalue weighted by molar-refractivity contribution is 5.45. The lowest BCUT2D eigenvalue weighted by molar-refractivity contribution is 0.190. The molecule has 1 N–H and O–H groups in total.